The van der Waals surface area contributed by atoms with Gasteiger partial charge in [-0.2, -0.15) is 0 Å². The third-order valence-electron chi connectivity index (χ3n) is 5.37. The SMILES string of the molecule is Cc1cc(C)c2oc(=O)c3c(Nc4ccccc4C)c4ccccc4nc3c2c1. The molecule has 0 fully saturated rings. The minimum absolute atomic E-state index is 0.381. The van der Waals surface area contributed by atoms with Crippen molar-refractivity contribution in [3.63, 3.8) is 0 Å². The molecule has 4 nitrogen and oxygen atoms in total. The molecule has 4 heteroatoms. The van der Waals surface area contributed by atoms with Crippen molar-refractivity contribution in [3.8, 4) is 0 Å². The summed E-state index contributed by atoms with van der Waals surface area (Å²) in [6.07, 6.45) is 0. The highest BCUT2D eigenvalue weighted by atomic mass is 16.4. The van der Waals surface area contributed by atoms with E-state index in [2.05, 4.69) is 5.32 Å². The standard InChI is InChI=1S/C25H20N2O2/c1-14-12-16(3)24-18(13-14)23-21(25(28)29-24)22(17-9-5-7-11-20(17)27-23)26-19-10-6-4-8-15(19)2/h4-13H,1-3H3,(H,26,27). The van der Waals surface area contributed by atoms with E-state index in [1.165, 1.54) is 0 Å². The summed E-state index contributed by atoms with van der Waals surface area (Å²) in [6, 6.07) is 19.9. The molecular weight excluding hydrogens is 360 g/mol. The van der Waals surface area contributed by atoms with Crippen molar-refractivity contribution in [2.24, 2.45) is 0 Å². The van der Waals surface area contributed by atoms with Crippen molar-refractivity contribution in [1.82, 2.24) is 4.98 Å². The normalized spacial score (nSPS) is 11.4. The van der Waals surface area contributed by atoms with Crippen molar-refractivity contribution >= 4 is 44.1 Å². The number of para-hydroxylation sites is 2. The molecule has 5 aromatic rings. The number of anilines is 2. The molecule has 142 valence electrons. The first-order chi connectivity index (χ1) is 14.0. The van der Waals surface area contributed by atoms with E-state index in [1.54, 1.807) is 0 Å². The third kappa shape index (κ3) is 2.76. The minimum Gasteiger partial charge on any atom is -0.422 e. The Kier molecular flexibility index (Phi) is 3.88. The van der Waals surface area contributed by atoms with Crippen molar-refractivity contribution in [3.05, 3.63) is 87.8 Å². The Hall–Kier alpha value is -3.66. The van der Waals surface area contributed by atoms with Crippen molar-refractivity contribution in [1.29, 1.82) is 0 Å². The van der Waals surface area contributed by atoms with Gasteiger partial charge in [0.15, 0.2) is 0 Å². The molecule has 0 saturated heterocycles. The molecule has 0 bridgehead atoms. The molecule has 0 amide bonds. The number of pyridine rings is 1. The number of nitrogens with zero attached hydrogens (tertiary/aromatic N) is 1. The van der Waals surface area contributed by atoms with E-state index in [9.17, 15) is 4.79 Å². The smallest absolute Gasteiger partial charge is 0.347 e. The van der Waals surface area contributed by atoms with Crippen LogP contribution in [0.3, 0.4) is 0 Å². The molecule has 0 aliphatic rings. The van der Waals surface area contributed by atoms with E-state index >= 15 is 0 Å². The molecule has 0 unspecified atom stereocenters. The zero-order valence-corrected chi connectivity index (χ0v) is 16.5. The number of aromatic nitrogens is 1. The first-order valence-electron chi connectivity index (χ1n) is 9.62. The van der Waals surface area contributed by atoms with E-state index < -0.39 is 0 Å². The van der Waals surface area contributed by atoms with E-state index in [-0.39, 0.29) is 5.63 Å². The van der Waals surface area contributed by atoms with Crippen LogP contribution in [0.25, 0.3) is 32.8 Å². The lowest BCUT2D eigenvalue weighted by atomic mass is 10.0. The zero-order valence-electron chi connectivity index (χ0n) is 16.5. The van der Waals surface area contributed by atoms with Crippen LogP contribution in [0.4, 0.5) is 11.4 Å². The van der Waals surface area contributed by atoms with Gasteiger partial charge in [-0.3, -0.25) is 0 Å². The van der Waals surface area contributed by atoms with Crippen molar-refractivity contribution in [2.75, 3.05) is 5.32 Å². The highest BCUT2D eigenvalue weighted by Crippen LogP contribution is 2.35. The summed E-state index contributed by atoms with van der Waals surface area (Å²) in [7, 11) is 0. The molecule has 3 aromatic carbocycles. The van der Waals surface area contributed by atoms with Gasteiger partial charge in [0.05, 0.1) is 16.7 Å². The van der Waals surface area contributed by atoms with Gasteiger partial charge in [-0.1, -0.05) is 42.5 Å². The van der Waals surface area contributed by atoms with Crippen LogP contribution < -0.4 is 10.9 Å². The van der Waals surface area contributed by atoms with Gasteiger partial charge in [0.2, 0.25) is 0 Å². The molecule has 2 aromatic heterocycles. The molecule has 0 saturated carbocycles. The maximum Gasteiger partial charge on any atom is 0.347 e. The lowest BCUT2D eigenvalue weighted by Gasteiger charge is -2.15. The van der Waals surface area contributed by atoms with Crippen LogP contribution >= 0.6 is 0 Å². The van der Waals surface area contributed by atoms with E-state index in [4.69, 9.17) is 9.40 Å². The number of aryl methyl sites for hydroxylation is 3. The van der Waals surface area contributed by atoms with E-state index in [0.717, 1.165) is 44.4 Å². The fraction of sp³-hybridized carbons (Fsp3) is 0.120. The second-order valence-electron chi connectivity index (χ2n) is 7.52. The topological polar surface area (TPSA) is 55.1 Å². The predicted molar refractivity (Wildman–Crippen MR) is 119 cm³/mol. The lowest BCUT2D eigenvalue weighted by Crippen LogP contribution is -2.07. The number of hydrogen-bond donors (Lipinski definition) is 1. The number of benzene rings is 3. The fourth-order valence-electron chi connectivity index (χ4n) is 3.99. The van der Waals surface area contributed by atoms with Gasteiger partial charge in [0.1, 0.15) is 11.0 Å². The number of nitrogens with one attached hydrogen (secondary N) is 1. The summed E-state index contributed by atoms with van der Waals surface area (Å²) in [5.41, 5.74) is 6.53. The van der Waals surface area contributed by atoms with Crippen LogP contribution in [0.5, 0.6) is 0 Å². The zero-order chi connectivity index (χ0) is 20.1. The van der Waals surface area contributed by atoms with Crippen molar-refractivity contribution in [2.45, 2.75) is 20.8 Å². The lowest BCUT2D eigenvalue weighted by molar-refractivity contribution is 0.567. The molecule has 0 radical (unpaired) electrons. The van der Waals surface area contributed by atoms with Crippen LogP contribution in [-0.4, -0.2) is 4.98 Å². The van der Waals surface area contributed by atoms with Gasteiger partial charge in [-0.15, -0.1) is 0 Å². The van der Waals surface area contributed by atoms with Crippen LogP contribution in [0.15, 0.2) is 69.9 Å². The maximum absolute atomic E-state index is 13.1. The summed E-state index contributed by atoms with van der Waals surface area (Å²) in [6.45, 7) is 6.03. The Balaban J connectivity index is 1.97. The van der Waals surface area contributed by atoms with E-state index in [1.807, 2.05) is 81.4 Å². The summed E-state index contributed by atoms with van der Waals surface area (Å²) < 4.78 is 5.78. The molecule has 5 rings (SSSR count). The monoisotopic (exact) mass is 380 g/mol. The van der Waals surface area contributed by atoms with Gasteiger partial charge in [-0.25, -0.2) is 9.78 Å². The molecule has 0 atom stereocenters. The predicted octanol–water partition coefficient (Wildman–Crippen LogP) is 6.16. The number of rotatable bonds is 2. The maximum atomic E-state index is 13.1. The summed E-state index contributed by atoms with van der Waals surface area (Å²) >= 11 is 0. The summed E-state index contributed by atoms with van der Waals surface area (Å²) in [4.78, 5) is 18.0. The van der Waals surface area contributed by atoms with Gasteiger partial charge >= 0.3 is 5.63 Å². The number of hydrogen-bond acceptors (Lipinski definition) is 4. The van der Waals surface area contributed by atoms with Gasteiger partial charge in [0, 0.05) is 16.5 Å². The van der Waals surface area contributed by atoms with Crippen LogP contribution in [0.1, 0.15) is 16.7 Å². The molecular formula is C25H20N2O2. The second-order valence-corrected chi connectivity index (χ2v) is 7.52. The molecule has 0 aliphatic heterocycles. The Labute approximate surface area is 167 Å². The minimum atomic E-state index is -0.381. The molecule has 2 heterocycles. The van der Waals surface area contributed by atoms with Gasteiger partial charge < -0.3 is 9.73 Å². The number of fused-ring (bicyclic) bond motifs is 4. The third-order valence-corrected chi connectivity index (χ3v) is 5.37. The van der Waals surface area contributed by atoms with E-state index in [0.29, 0.717) is 16.5 Å². The Morgan fingerprint density at radius 3 is 2.45 bits per heavy atom. The van der Waals surface area contributed by atoms with Gasteiger partial charge in [0.25, 0.3) is 0 Å². The molecule has 0 spiro atoms. The highest BCUT2D eigenvalue weighted by molar-refractivity contribution is 6.15. The van der Waals surface area contributed by atoms with Crippen LogP contribution in [-0.2, 0) is 0 Å². The molecule has 1 N–H and O–H groups in total. The summed E-state index contributed by atoms with van der Waals surface area (Å²) in [5.74, 6) is 0. The second kappa shape index (κ2) is 6.45. The first-order valence-corrected chi connectivity index (χ1v) is 9.62. The van der Waals surface area contributed by atoms with Crippen molar-refractivity contribution < 1.29 is 4.42 Å². The quantitative estimate of drug-likeness (QED) is 0.226. The Morgan fingerprint density at radius 1 is 0.862 bits per heavy atom. The van der Waals surface area contributed by atoms with Gasteiger partial charge in [-0.05, 0) is 55.7 Å². The average Bonchev–Trinajstić information content (AvgIpc) is 2.70. The fourth-order valence-corrected chi connectivity index (χ4v) is 3.99. The highest BCUT2D eigenvalue weighted by Gasteiger charge is 2.18. The average molecular weight is 380 g/mol. The molecule has 0 aliphatic carbocycles. The Morgan fingerprint density at radius 2 is 1.62 bits per heavy atom. The first kappa shape index (κ1) is 17.4. The van der Waals surface area contributed by atoms with Crippen LogP contribution in [0, 0.1) is 20.8 Å². The molecule has 29 heavy (non-hydrogen) atoms. The van der Waals surface area contributed by atoms with Crippen LogP contribution in [0.2, 0.25) is 0 Å². The Bertz CT molecular complexity index is 1480. The largest absolute Gasteiger partial charge is 0.422 e. The summed E-state index contributed by atoms with van der Waals surface area (Å²) in [5, 5.41) is 5.71.